The van der Waals surface area contributed by atoms with Gasteiger partial charge in [-0.3, -0.25) is 4.99 Å². The van der Waals surface area contributed by atoms with E-state index in [1.54, 1.807) is 14.2 Å². The van der Waals surface area contributed by atoms with Crippen LogP contribution >= 0.6 is 35.7 Å². The Morgan fingerprint density at radius 1 is 1.14 bits per heavy atom. The third kappa shape index (κ3) is 15.0. The Morgan fingerprint density at radius 2 is 1.86 bits per heavy atom. The molecule has 21 heavy (non-hydrogen) atoms. The molecule has 128 valence electrons. The van der Waals surface area contributed by atoms with Crippen LogP contribution in [-0.4, -0.2) is 64.0 Å². The first-order valence-electron chi connectivity index (χ1n) is 7.12. The molecule has 2 N–H and O–H groups in total. The zero-order valence-corrected chi connectivity index (χ0v) is 17.2. The average molecular weight is 433 g/mol. The van der Waals surface area contributed by atoms with Crippen molar-refractivity contribution in [2.45, 2.75) is 31.4 Å². The molecule has 0 aromatic carbocycles. The van der Waals surface area contributed by atoms with Gasteiger partial charge in [0.15, 0.2) is 5.96 Å². The van der Waals surface area contributed by atoms with Gasteiger partial charge >= 0.3 is 0 Å². The summed E-state index contributed by atoms with van der Waals surface area (Å²) >= 11 is 1.85. The first kappa shape index (κ1) is 23.5. The summed E-state index contributed by atoms with van der Waals surface area (Å²) < 4.78 is 10.5. The van der Waals surface area contributed by atoms with E-state index in [9.17, 15) is 0 Å². The molecule has 0 aromatic heterocycles. The molecule has 0 amide bonds. The van der Waals surface area contributed by atoms with Crippen molar-refractivity contribution in [1.29, 1.82) is 0 Å². The molecule has 0 aliphatic heterocycles. The number of hydrogen-bond acceptors (Lipinski definition) is 4. The fourth-order valence-electron chi connectivity index (χ4n) is 1.37. The van der Waals surface area contributed by atoms with Crippen molar-refractivity contribution in [3.05, 3.63) is 0 Å². The molecule has 0 bridgehead atoms. The highest BCUT2D eigenvalue weighted by molar-refractivity contribution is 14.0. The highest BCUT2D eigenvalue weighted by Gasteiger charge is 2.15. The third-order valence-corrected chi connectivity index (χ3v) is 4.15. The number of aliphatic imine (C=N–C) groups is 1. The molecular formula is C14H32IN3O2S. The molecule has 0 saturated carbocycles. The summed E-state index contributed by atoms with van der Waals surface area (Å²) in [7, 11) is 3.49. The summed E-state index contributed by atoms with van der Waals surface area (Å²) in [4.78, 5) is 4.22. The number of halogens is 1. The number of thioether (sulfide) groups is 1. The van der Waals surface area contributed by atoms with Crippen molar-refractivity contribution < 1.29 is 9.47 Å². The van der Waals surface area contributed by atoms with E-state index in [1.807, 2.05) is 11.8 Å². The highest BCUT2D eigenvalue weighted by atomic mass is 127. The lowest BCUT2D eigenvalue weighted by Gasteiger charge is -2.23. The topological polar surface area (TPSA) is 54.9 Å². The zero-order valence-electron chi connectivity index (χ0n) is 14.0. The fraction of sp³-hybridized carbons (Fsp3) is 0.929. The summed E-state index contributed by atoms with van der Waals surface area (Å²) in [5.74, 6) is 0.868. The summed E-state index contributed by atoms with van der Waals surface area (Å²) in [5, 5.41) is 6.67. The Hall–Kier alpha value is 0.270. The summed E-state index contributed by atoms with van der Waals surface area (Å²) in [6.07, 6.45) is 4.24. The van der Waals surface area contributed by atoms with E-state index in [0.717, 1.165) is 38.5 Å². The molecule has 0 aliphatic carbocycles. The lowest BCUT2D eigenvalue weighted by Crippen LogP contribution is -2.43. The summed E-state index contributed by atoms with van der Waals surface area (Å²) in [6, 6.07) is 0. The average Bonchev–Trinajstić information content (AvgIpc) is 2.45. The Kier molecular flexibility index (Phi) is 17.0. The van der Waals surface area contributed by atoms with E-state index in [0.29, 0.717) is 13.2 Å². The maximum atomic E-state index is 5.41. The molecule has 5 nitrogen and oxygen atoms in total. The van der Waals surface area contributed by atoms with E-state index in [-0.39, 0.29) is 28.7 Å². The Balaban J connectivity index is 0. The highest BCUT2D eigenvalue weighted by Crippen LogP contribution is 2.19. The van der Waals surface area contributed by atoms with Crippen LogP contribution in [0.2, 0.25) is 0 Å². The molecule has 0 spiro atoms. The molecule has 0 unspecified atom stereocenters. The predicted molar refractivity (Wildman–Crippen MR) is 104 cm³/mol. The van der Waals surface area contributed by atoms with E-state index >= 15 is 0 Å². The van der Waals surface area contributed by atoms with Crippen molar-refractivity contribution in [3.63, 3.8) is 0 Å². The minimum absolute atomic E-state index is 0. The van der Waals surface area contributed by atoms with Crippen molar-refractivity contribution in [2.24, 2.45) is 4.99 Å². The van der Waals surface area contributed by atoms with Gasteiger partial charge in [0.05, 0.1) is 13.2 Å². The van der Waals surface area contributed by atoms with Crippen LogP contribution in [0.1, 0.15) is 26.7 Å². The van der Waals surface area contributed by atoms with Crippen molar-refractivity contribution >= 4 is 41.7 Å². The van der Waals surface area contributed by atoms with Crippen molar-refractivity contribution in [2.75, 3.05) is 53.3 Å². The van der Waals surface area contributed by atoms with Crippen LogP contribution in [0.3, 0.4) is 0 Å². The van der Waals surface area contributed by atoms with Gasteiger partial charge in [0.2, 0.25) is 0 Å². The number of unbranched alkanes of at least 4 members (excludes halogenated alkanes) is 1. The smallest absolute Gasteiger partial charge is 0.191 e. The van der Waals surface area contributed by atoms with E-state index in [4.69, 9.17) is 9.47 Å². The quantitative estimate of drug-likeness (QED) is 0.227. The van der Waals surface area contributed by atoms with Gasteiger partial charge in [-0.25, -0.2) is 0 Å². The zero-order chi connectivity index (χ0) is 15.3. The molecular weight excluding hydrogens is 401 g/mol. The van der Waals surface area contributed by atoms with Gasteiger partial charge in [-0.2, -0.15) is 11.8 Å². The lowest BCUT2D eigenvalue weighted by atomic mass is 10.2. The van der Waals surface area contributed by atoms with Gasteiger partial charge in [0.25, 0.3) is 0 Å². The number of rotatable bonds is 11. The molecule has 0 saturated heterocycles. The monoisotopic (exact) mass is 433 g/mol. The minimum Gasteiger partial charge on any atom is -0.382 e. The number of methoxy groups -OCH3 is 1. The second-order valence-corrected chi connectivity index (χ2v) is 6.64. The van der Waals surface area contributed by atoms with Gasteiger partial charge in [0, 0.05) is 38.6 Å². The number of ether oxygens (including phenoxy) is 2. The maximum Gasteiger partial charge on any atom is 0.191 e. The molecule has 0 radical (unpaired) electrons. The second kappa shape index (κ2) is 15.2. The van der Waals surface area contributed by atoms with Gasteiger partial charge in [-0.15, -0.1) is 24.0 Å². The maximum absolute atomic E-state index is 5.41. The van der Waals surface area contributed by atoms with Crippen molar-refractivity contribution in [1.82, 2.24) is 10.6 Å². The Labute approximate surface area is 151 Å². The number of nitrogens with one attached hydrogen (secondary N) is 2. The van der Waals surface area contributed by atoms with Gasteiger partial charge in [-0.05, 0) is 32.9 Å². The minimum atomic E-state index is 0. The first-order chi connectivity index (χ1) is 9.55. The third-order valence-electron chi connectivity index (χ3n) is 2.90. The fourth-order valence-corrected chi connectivity index (χ4v) is 1.59. The number of guanidine groups is 1. The largest absolute Gasteiger partial charge is 0.382 e. The normalized spacial score (nSPS) is 12.0. The van der Waals surface area contributed by atoms with Gasteiger partial charge in [-0.1, -0.05) is 0 Å². The van der Waals surface area contributed by atoms with Crippen LogP contribution in [0.25, 0.3) is 0 Å². The Bertz CT molecular complexity index is 267. The molecule has 0 rings (SSSR count). The van der Waals surface area contributed by atoms with E-state index < -0.39 is 0 Å². The summed E-state index contributed by atoms with van der Waals surface area (Å²) in [5.41, 5.74) is 0. The predicted octanol–water partition coefficient (Wildman–Crippen LogP) is 2.35. The molecule has 0 heterocycles. The van der Waals surface area contributed by atoms with Crippen LogP contribution in [0.15, 0.2) is 4.99 Å². The molecule has 7 heteroatoms. The van der Waals surface area contributed by atoms with Crippen molar-refractivity contribution in [3.8, 4) is 0 Å². The van der Waals surface area contributed by atoms with Gasteiger partial charge < -0.3 is 20.1 Å². The van der Waals surface area contributed by atoms with Gasteiger partial charge in [0.1, 0.15) is 0 Å². The van der Waals surface area contributed by atoms with Crippen LogP contribution in [-0.2, 0) is 9.47 Å². The van der Waals surface area contributed by atoms with Crippen LogP contribution in [0.5, 0.6) is 0 Å². The number of nitrogens with zero attached hydrogens (tertiary/aromatic N) is 1. The first-order valence-corrected chi connectivity index (χ1v) is 8.34. The molecule has 0 aliphatic rings. The standard InChI is InChI=1S/C14H31N3O2S.HI/c1-14(2,20-5)12-17-13(15-3)16-8-6-7-9-19-11-10-18-4;/h6-12H2,1-5H3,(H2,15,16,17);1H. The SMILES string of the molecule is CN=C(NCCCCOCCOC)NCC(C)(C)SC.I. The molecule has 0 fully saturated rings. The van der Waals surface area contributed by atoms with Crippen LogP contribution in [0.4, 0.5) is 0 Å². The second-order valence-electron chi connectivity index (χ2n) is 5.13. The Morgan fingerprint density at radius 3 is 2.43 bits per heavy atom. The van der Waals surface area contributed by atoms with E-state index in [1.165, 1.54) is 0 Å². The lowest BCUT2D eigenvalue weighted by molar-refractivity contribution is 0.0689. The summed E-state index contributed by atoms with van der Waals surface area (Å²) in [6.45, 7) is 8.37. The number of hydrogen-bond donors (Lipinski definition) is 2. The van der Waals surface area contributed by atoms with Crippen LogP contribution < -0.4 is 10.6 Å². The van der Waals surface area contributed by atoms with Crippen LogP contribution in [0, 0.1) is 0 Å². The van der Waals surface area contributed by atoms with E-state index in [2.05, 4.69) is 35.7 Å². The molecule has 0 atom stereocenters. The molecule has 0 aromatic rings.